The van der Waals surface area contributed by atoms with Crippen molar-refractivity contribution in [2.45, 2.75) is 65.8 Å². The summed E-state index contributed by atoms with van der Waals surface area (Å²) in [5.41, 5.74) is 9.59. The van der Waals surface area contributed by atoms with Crippen LogP contribution in [0.2, 0.25) is 0 Å². The third kappa shape index (κ3) is 6.42. The number of fused-ring (bicyclic) bond motifs is 1. The average molecular weight is 487 g/mol. The number of hydrogen-bond acceptors (Lipinski definition) is 3. The quantitative estimate of drug-likeness (QED) is 0.372. The summed E-state index contributed by atoms with van der Waals surface area (Å²) in [5.74, 6) is -0.0454. The zero-order valence-electron chi connectivity index (χ0n) is 21.7. The fourth-order valence-corrected chi connectivity index (χ4v) is 5.70. The van der Waals surface area contributed by atoms with Gasteiger partial charge < -0.3 is 16.4 Å². The van der Waals surface area contributed by atoms with Crippen LogP contribution in [0.5, 0.6) is 0 Å². The van der Waals surface area contributed by atoms with Gasteiger partial charge in [0.2, 0.25) is 0 Å². The van der Waals surface area contributed by atoms with Crippen LogP contribution in [0.4, 0.5) is 4.79 Å². The molecule has 3 aromatic rings. The van der Waals surface area contributed by atoms with E-state index < -0.39 is 6.03 Å². The number of nitrogens with zero attached hydrogens (tertiary/aromatic N) is 1. The summed E-state index contributed by atoms with van der Waals surface area (Å²) < 4.78 is 0. The Balaban J connectivity index is 1.60. The van der Waals surface area contributed by atoms with Crippen LogP contribution in [-0.2, 0) is 6.54 Å². The van der Waals surface area contributed by atoms with E-state index in [1.54, 1.807) is 0 Å². The molecule has 4 rings (SSSR count). The van der Waals surface area contributed by atoms with Crippen LogP contribution in [0.25, 0.3) is 22.2 Å². The number of aromatic nitrogens is 1. The number of amides is 3. The molecule has 0 radical (unpaired) electrons. The summed E-state index contributed by atoms with van der Waals surface area (Å²) in [4.78, 5) is 29.4. The Labute approximate surface area is 214 Å². The molecule has 0 atom stereocenters. The van der Waals surface area contributed by atoms with Gasteiger partial charge >= 0.3 is 6.03 Å². The second-order valence-electron chi connectivity index (χ2n) is 11.5. The molecule has 2 aromatic carbocycles. The number of benzene rings is 2. The lowest BCUT2D eigenvalue weighted by molar-refractivity contribution is 0.0834. The standard InChI is InChI=1S/C30H38N4O2/c1-29(2,3)19-30(15-7-4-8-16-30)20-33-27(35)24-17-26(34-25-10-6-5-9-23(24)25)22-13-11-21(12-14-22)18-32-28(31)36/h5-6,9-14,17H,4,7-8,15-16,18-20H2,1-3H3,(H,33,35)(H3,31,32,36). The predicted octanol–water partition coefficient (Wildman–Crippen LogP) is 6.19. The fourth-order valence-electron chi connectivity index (χ4n) is 5.70. The Hall–Kier alpha value is -3.41. The minimum absolute atomic E-state index is 0.0454. The lowest BCUT2D eigenvalue weighted by atomic mass is 9.66. The monoisotopic (exact) mass is 486 g/mol. The first-order valence-corrected chi connectivity index (χ1v) is 12.9. The lowest BCUT2D eigenvalue weighted by Gasteiger charge is -2.42. The minimum atomic E-state index is -0.552. The number of carbonyl (C=O) groups excluding carboxylic acids is 2. The van der Waals surface area contributed by atoms with E-state index >= 15 is 0 Å². The van der Waals surface area contributed by atoms with Gasteiger partial charge in [0.05, 0.1) is 16.8 Å². The molecule has 0 spiro atoms. The van der Waals surface area contributed by atoms with Gasteiger partial charge in [-0.3, -0.25) is 4.79 Å². The molecule has 6 nitrogen and oxygen atoms in total. The molecule has 1 aliphatic rings. The van der Waals surface area contributed by atoms with Crippen molar-refractivity contribution < 1.29 is 9.59 Å². The van der Waals surface area contributed by atoms with Crippen molar-refractivity contribution in [3.63, 3.8) is 0 Å². The van der Waals surface area contributed by atoms with Crippen LogP contribution in [0.15, 0.2) is 54.6 Å². The minimum Gasteiger partial charge on any atom is -0.352 e. The summed E-state index contributed by atoms with van der Waals surface area (Å²) in [6, 6.07) is 16.9. The Morgan fingerprint density at radius 2 is 1.67 bits per heavy atom. The molecule has 0 bridgehead atoms. The number of urea groups is 1. The highest BCUT2D eigenvalue weighted by molar-refractivity contribution is 6.07. The van der Waals surface area contributed by atoms with Crippen LogP contribution >= 0.6 is 0 Å². The summed E-state index contributed by atoms with van der Waals surface area (Å²) in [6.07, 6.45) is 7.21. The topological polar surface area (TPSA) is 97.1 Å². The van der Waals surface area contributed by atoms with Crippen LogP contribution in [0, 0.1) is 10.8 Å². The Kier molecular flexibility index (Phi) is 7.62. The van der Waals surface area contributed by atoms with Crippen LogP contribution in [0.1, 0.15) is 75.2 Å². The van der Waals surface area contributed by atoms with Gasteiger partial charge in [-0.25, -0.2) is 9.78 Å². The van der Waals surface area contributed by atoms with E-state index in [9.17, 15) is 9.59 Å². The van der Waals surface area contributed by atoms with Crippen molar-refractivity contribution in [1.29, 1.82) is 0 Å². The summed E-state index contributed by atoms with van der Waals surface area (Å²) in [6.45, 7) is 7.95. The van der Waals surface area contributed by atoms with Gasteiger partial charge in [0.25, 0.3) is 5.91 Å². The molecular weight excluding hydrogens is 448 g/mol. The smallest absolute Gasteiger partial charge is 0.312 e. The van der Waals surface area contributed by atoms with Crippen LogP contribution in [-0.4, -0.2) is 23.5 Å². The van der Waals surface area contributed by atoms with E-state index in [1.807, 2.05) is 54.6 Å². The largest absolute Gasteiger partial charge is 0.352 e. The van der Waals surface area contributed by atoms with E-state index in [0.29, 0.717) is 18.7 Å². The van der Waals surface area contributed by atoms with Gasteiger partial charge in [-0.2, -0.15) is 0 Å². The molecule has 0 saturated heterocycles. The SMILES string of the molecule is CC(C)(C)CC1(CNC(=O)c2cc(-c3ccc(CNC(N)=O)cc3)nc3ccccc23)CCCCC1. The molecule has 4 N–H and O–H groups in total. The van der Waals surface area contributed by atoms with E-state index in [2.05, 4.69) is 31.4 Å². The number of primary amides is 1. The number of nitrogens with two attached hydrogens (primary N) is 1. The van der Waals surface area contributed by atoms with Crippen molar-refractivity contribution in [2.75, 3.05) is 6.54 Å². The van der Waals surface area contributed by atoms with Crippen molar-refractivity contribution in [3.05, 3.63) is 65.7 Å². The van der Waals surface area contributed by atoms with Crippen molar-refractivity contribution in [3.8, 4) is 11.3 Å². The fraction of sp³-hybridized carbons (Fsp3) is 0.433. The first kappa shape index (κ1) is 25.7. The molecule has 6 heteroatoms. The average Bonchev–Trinajstić information content (AvgIpc) is 2.85. The van der Waals surface area contributed by atoms with E-state index in [0.717, 1.165) is 34.1 Å². The number of para-hydroxylation sites is 1. The summed E-state index contributed by atoms with van der Waals surface area (Å²) >= 11 is 0. The normalized spacial score (nSPS) is 15.4. The molecule has 1 aromatic heterocycles. The van der Waals surface area contributed by atoms with Crippen molar-refractivity contribution >= 4 is 22.8 Å². The van der Waals surface area contributed by atoms with Gasteiger partial charge in [-0.15, -0.1) is 0 Å². The molecular formula is C30H38N4O2. The Morgan fingerprint density at radius 3 is 2.33 bits per heavy atom. The highest BCUT2D eigenvalue weighted by Crippen LogP contribution is 2.44. The lowest BCUT2D eigenvalue weighted by Crippen LogP contribution is -2.41. The molecule has 1 aliphatic carbocycles. The van der Waals surface area contributed by atoms with Crippen LogP contribution in [0.3, 0.4) is 0 Å². The number of hydrogen-bond donors (Lipinski definition) is 3. The van der Waals surface area contributed by atoms with Gasteiger partial charge in [0.15, 0.2) is 0 Å². The molecule has 190 valence electrons. The van der Waals surface area contributed by atoms with Gasteiger partial charge in [0, 0.05) is 24.0 Å². The zero-order chi connectivity index (χ0) is 25.8. The van der Waals surface area contributed by atoms with Crippen molar-refractivity contribution in [1.82, 2.24) is 15.6 Å². The molecule has 1 saturated carbocycles. The number of pyridine rings is 1. The number of carbonyl (C=O) groups is 2. The van der Waals surface area contributed by atoms with Gasteiger partial charge in [-0.1, -0.05) is 82.5 Å². The molecule has 36 heavy (non-hydrogen) atoms. The van der Waals surface area contributed by atoms with Crippen LogP contribution < -0.4 is 16.4 Å². The third-order valence-corrected chi connectivity index (χ3v) is 7.12. The first-order valence-electron chi connectivity index (χ1n) is 12.9. The molecule has 1 fully saturated rings. The second kappa shape index (κ2) is 10.7. The predicted molar refractivity (Wildman–Crippen MR) is 146 cm³/mol. The van der Waals surface area contributed by atoms with Crippen molar-refractivity contribution in [2.24, 2.45) is 16.6 Å². The third-order valence-electron chi connectivity index (χ3n) is 7.12. The Morgan fingerprint density at radius 1 is 0.972 bits per heavy atom. The maximum atomic E-state index is 13.6. The van der Waals surface area contributed by atoms with E-state index in [1.165, 1.54) is 32.1 Å². The maximum absolute atomic E-state index is 13.6. The summed E-state index contributed by atoms with van der Waals surface area (Å²) in [7, 11) is 0. The second-order valence-corrected chi connectivity index (χ2v) is 11.5. The van der Waals surface area contributed by atoms with E-state index in [4.69, 9.17) is 10.7 Å². The molecule has 1 heterocycles. The molecule has 0 aliphatic heterocycles. The maximum Gasteiger partial charge on any atom is 0.312 e. The Bertz CT molecular complexity index is 1220. The zero-order valence-corrected chi connectivity index (χ0v) is 21.7. The molecule has 3 amide bonds. The number of nitrogens with one attached hydrogen (secondary N) is 2. The highest BCUT2D eigenvalue weighted by Gasteiger charge is 2.36. The van der Waals surface area contributed by atoms with Gasteiger partial charge in [0.1, 0.15) is 0 Å². The highest BCUT2D eigenvalue weighted by atomic mass is 16.2. The number of rotatable bonds is 7. The molecule has 0 unspecified atom stereocenters. The van der Waals surface area contributed by atoms with E-state index in [-0.39, 0.29) is 16.7 Å². The first-order chi connectivity index (χ1) is 17.1. The summed E-state index contributed by atoms with van der Waals surface area (Å²) in [5, 5.41) is 6.77. The van der Waals surface area contributed by atoms with Gasteiger partial charge in [-0.05, 0) is 47.8 Å².